The van der Waals surface area contributed by atoms with Crippen LogP contribution in [0, 0.1) is 0 Å². The summed E-state index contributed by atoms with van der Waals surface area (Å²) in [6.07, 6.45) is 1.86. The molecule has 0 spiro atoms. The molecule has 0 saturated heterocycles. The van der Waals surface area contributed by atoms with Crippen molar-refractivity contribution in [3.05, 3.63) is 107 Å². The van der Waals surface area contributed by atoms with Crippen LogP contribution < -0.4 is 39.4 Å². The number of pyridine rings is 1. The second-order valence-electron chi connectivity index (χ2n) is 8.01. The van der Waals surface area contributed by atoms with Crippen LogP contribution in [0.5, 0.6) is 5.75 Å². The quantitative estimate of drug-likeness (QED) is 0.289. The molecule has 1 aromatic heterocycles. The molecule has 4 aromatic rings. The van der Waals surface area contributed by atoms with Gasteiger partial charge in [-0.25, -0.2) is 4.98 Å². The number of hydrogen-bond donors (Lipinski definition) is 0. The summed E-state index contributed by atoms with van der Waals surface area (Å²) >= 11 is 7.75. The zero-order valence-electron chi connectivity index (χ0n) is 19.7. The second-order valence-corrected chi connectivity index (χ2v) is 9.75. The van der Waals surface area contributed by atoms with Crippen LogP contribution in [-0.2, 0) is 17.8 Å². The molecule has 1 heterocycles. The van der Waals surface area contributed by atoms with Crippen LogP contribution in [0.4, 0.5) is 0 Å². The van der Waals surface area contributed by atoms with Gasteiger partial charge in [0.2, 0.25) is 0 Å². The number of carbonyl (C=O) groups excluding carboxylic acids is 1. The Bertz CT molecular complexity index is 1260. The Balaban J connectivity index is 0.00000342. The molecule has 0 radical (unpaired) electrons. The van der Waals surface area contributed by atoms with Crippen molar-refractivity contribution >= 4 is 40.2 Å². The Morgan fingerprint density at radius 2 is 1.80 bits per heavy atom. The molecular weight excluding hydrogens is 489 g/mol. The molecule has 0 fully saturated rings. The van der Waals surface area contributed by atoms with Crippen molar-refractivity contribution in [1.29, 1.82) is 0 Å². The summed E-state index contributed by atoms with van der Waals surface area (Å²) in [5, 5.41) is 12.8. The van der Waals surface area contributed by atoms with Gasteiger partial charge in [0.05, 0.1) is 11.2 Å². The summed E-state index contributed by atoms with van der Waals surface area (Å²) in [4.78, 5) is 15.6. The van der Waals surface area contributed by atoms with E-state index in [1.165, 1.54) is 5.56 Å². The minimum atomic E-state index is -1.02. The van der Waals surface area contributed by atoms with E-state index < -0.39 is 5.97 Å². The maximum atomic E-state index is 10.9. The van der Waals surface area contributed by atoms with Crippen LogP contribution in [0.2, 0.25) is 5.02 Å². The van der Waals surface area contributed by atoms with Crippen molar-refractivity contribution in [2.75, 3.05) is 5.75 Å². The van der Waals surface area contributed by atoms with Gasteiger partial charge in [0, 0.05) is 21.6 Å². The molecule has 3 aromatic carbocycles. The van der Waals surface area contributed by atoms with Crippen molar-refractivity contribution in [2.45, 2.75) is 31.1 Å². The molecule has 0 saturated carbocycles. The van der Waals surface area contributed by atoms with Gasteiger partial charge >= 0.3 is 29.6 Å². The molecule has 1 atom stereocenters. The number of halogens is 1. The normalized spacial score (nSPS) is 11.6. The first-order valence-electron chi connectivity index (χ1n) is 11.2. The van der Waals surface area contributed by atoms with Crippen LogP contribution in [-0.4, -0.2) is 16.7 Å². The smallest absolute Gasteiger partial charge is 0.550 e. The SMILES string of the molecule is O=C([O-])CCSC(CCc1ccccc1)c1cccc(OCc2ccc3ccc(Cl)cc3n2)c1.[Na+]. The fraction of sp³-hybridized carbons (Fsp3) is 0.214. The number of carbonyl (C=O) groups is 1. The van der Waals surface area contributed by atoms with Gasteiger partial charge in [-0.15, -0.1) is 0 Å². The monoisotopic (exact) mass is 513 g/mol. The van der Waals surface area contributed by atoms with E-state index in [0.717, 1.165) is 40.8 Å². The molecule has 35 heavy (non-hydrogen) atoms. The Morgan fingerprint density at radius 1 is 1.00 bits per heavy atom. The minimum Gasteiger partial charge on any atom is -0.550 e. The summed E-state index contributed by atoms with van der Waals surface area (Å²) < 4.78 is 6.06. The average Bonchev–Trinajstić information content (AvgIpc) is 2.85. The number of fused-ring (bicyclic) bond motifs is 1. The number of aryl methyl sites for hydroxylation is 1. The van der Waals surface area contributed by atoms with Crippen molar-refractivity contribution in [3.8, 4) is 5.75 Å². The van der Waals surface area contributed by atoms with Crippen LogP contribution >= 0.6 is 23.4 Å². The molecule has 7 heteroatoms. The summed E-state index contributed by atoms with van der Waals surface area (Å²) in [5.74, 6) is 0.252. The number of ether oxygens (including phenoxy) is 1. The average molecular weight is 514 g/mol. The number of thioether (sulfide) groups is 1. The van der Waals surface area contributed by atoms with Crippen molar-refractivity contribution in [1.82, 2.24) is 4.98 Å². The van der Waals surface area contributed by atoms with Crippen molar-refractivity contribution < 1.29 is 44.2 Å². The van der Waals surface area contributed by atoms with Crippen LogP contribution in [0.25, 0.3) is 10.9 Å². The molecule has 0 bridgehead atoms. The molecule has 0 N–H and O–H groups in total. The molecule has 4 nitrogen and oxygen atoms in total. The number of carboxylic acid groups (broad SMARTS) is 1. The minimum absolute atomic E-state index is 0. The molecule has 0 aliphatic carbocycles. The molecule has 174 valence electrons. The van der Waals surface area contributed by atoms with E-state index in [1.54, 1.807) is 11.8 Å². The maximum Gasteiger partial charge on any atom is 1.00 e. The van der Waals surface area contributed by atoms with Gasteiger partial charge in [-0.1, -0.05) is 66.2 Å². The van der Waals surface area contributed by atoms with Crippen LogP contribution in [0.15, 0.2) is 84.9 Å². The van der Waals surface area contributed by atoms with Gasteiger partial charge in [-0.2, -0.15) is 11.8 Å². The van der Waals surface area contributed by atoms with E-state index in [9.17, 15) is 9.90 Å². The fourth-order valence-electron chi connectivity index (χ4n) is 3.75. The third-order valence-corrected chi connectivity index (χ3v) is 7.08. The number of benzene rings is 3. The number of nitrogens with zero attached hydrogens (tertiary/aromatic N) is 1. The summed E-state index contributed by atoms with van der Waals surface area (Å²) in [5.41, 5.74) is 4.05. The predicted molar refractivity (Wildman–Crippen MR) is 137 cm³/mol. The Morgan fingerprint density at radius 3 is 2.60 bits per heavy atom. The van der Waals surface area contributed by atoms with E-state index in [2.05, 4.69) is 23.2 Å². The van der Waals surface area contributed by atoms with Gasteiger partial charge in [0.1, 0.15) is 12.4 Å². The topological polar surface area (TPSA) is 62.2 Å². The standard InChI is InChI=1S/C28H26ClNO3S.Na/c29-23-12-10-21-11-13-24(30-26(21)18-23)19-33-25-8-4-7-22(17-25)27(34-16-15-28(31)32)14-9-20-5-2-1-3-6-20;/h1-8,10-13,17-18,27H,9,14-16,19H2,(H,31,32);/q;+1/p-1. The van der Waals surface area contributed by atoms with Crippen molar-refractivity contribution in [2.24, 2.45) is 0 Å². The largest absolute Gasteiger partial charge is 1.00 e. The van der Waals surface area contributed by atoms with E-state index in [0.29, 0.717) is 17.4 Å². The van der Waals surface area contributed by atoms with Gasteiger partial charge in [0.15, 0.2) is 0 Å². The number of rotatable bonds is 11. The van der Waals surface area contributed by atoms with E-state index in [1.807, 2.05) is 66.7 Å². The van der Waals surface area contributed by atoms with Crippen molar-refractivity contribution in [3.63, 3.8) is 0 Å². The van der Waals surface area contributed by atoms with E-state index in [-0.39, 0.29) is 41.2 Å². The summed E-state index contributed by atoms with van der Waals surface area (Å²) in [7, 11) is 0. The summed E-state index contributed by atoms with van der Waals surface area (Å²) in [6, 6.07) is 28.0. The third kappa shape index (κ3) is 8.55. The molecule has 4 rings (SSSR count). The van der Waals surface area contributed by atoms with Gasteiger partial charge < -0.3 is 14.6 Å². The number of hydrogen-bond acceptors (Lipinski definition) is 5. The molecule has 0 aliphatic rings. The predicted octanol–water partition coefficient (Wildman–Crippen LogP) is 3.02. The molecule has 1 unspecified atom stereocenters. The first-order chi connectivity index (χ1) is 16.6. The number of aromatic nitrogens is 1. The van der Waals surface area contributed by atoms with E-state index in [4.69, 9.17) is 16.3 Å². The van der Waals surface area contributed by atoms with Crippen LogP contribution in [0.1, 0.15) is 34.9 Å². The van der Waals surface area contributed by atoms with Gasteiger partial charge in [-0.3, -0.25) is 0 Å². The fourth-order valence-corrected chi connectivity index (χ4v) is 5.11. The summed E-state index contributed by atoms with van der Waals surface area (Å²) in [6.45, 7) is 0.346. The van der Waals surface area contributed by atoms with Gasteiger partial charge in [0.25, 0.3) is 0 Å². The first-order valence-corrected chi connectivity index (χ1v) is 12.6. The molecule has 0 aliphatic heterocycles. The Labute approximate surface area is 237 Å². The van der Waals surface area contributed by atoms with Crippen LogP contribution in [0.3, 0.4) is 0 Å². The zero-order chi connectivity index (χ0) is 23.8. The number of carboxylic acids is 1. The second kappa shape index (κ2) is 13.9. The Hall–Kier alpha value is -2.02. The number of aliphatic carboxylic acids is 1. The maximum absolute atomic E-state index is 10.9. The van der Waals surface area contributed by atoms with E-state index >= 15 is 0 Å². The van der Waals surface area contributed by atoms with Gasteiger partial charge in [-0.05, 0) is 66.5 Å². The third-order valence-electron chi connectivity index (χ3n) is 5.49. The molecular formula is C28H25ClNNaO3S. The molecule has 0 amide bonds. The zero-order valence-corrected chi connectivity index (χ0v) is 23.2. The first kappa shape index (κ1) is 27.6. The Kier molecular flexibility index (Phi) is 11.0.